The van der Waals surface area contributed by atoms with Crippen molar-refractivity contribution in [2.45, 2.75) is 19.3 Å². The summed E-state index contributed by atoms with van der Waals surface area (Å²) < 4.78 is 5.29. The highest BCUT2D eigenvalue weighted by atomic mass is 16.5. The molecule has 0 bridgehead atoms. The lowest BCUT2D eigenvalue weighted by Crippen LogP contribution is -2.23. The molecule has 1 N–H and O–H groups in total. The molecule has 3 heteroatoms. The van der Waals surface area contributed by atoms with Crippen LogP contribution >= 0.6 is 0 Å². The molecule has 2 aromatic carbocycles. The minimum atomic E-state index is -0.0860. The Morgan fingerprint density at radius 2 is 2.19 bits per heavy atom. The molecule has 0 heterocycles. The summed E-state index contributed by atoms with van der Waals surface area (Å²) in [5.41, 5.74) is 1.26. The standard InChI is InChI=1S/C18H19NO2/c1-3-6-18(20)19-12-5-9-14-7-4-8-15-10-11-16(21-2)13-17(14)15/h1,4,7-8,10-11,13H,5-6,9,12H2,2H3,(H,19,20). The summed E-state index contributed by atoms with van der Waals surface area (Å²) in [6.45, 7) is 0.640. The molecule has 3 nitrogen and oxygen atoms in total. The first-order valence-corrected chi connectivity index (χ1v) is 7.00. The summed E-state index contributed by atoms with van der Waals surface area (Å²) in [5.74, 6) is 3.11. The van der Waals surface area contributed by atoms with E-state index in [-0.39, 0.29) is 12.3 Å². The van der Waals surface area contributed by atoms with E-state index in [1.165, 1.54) is 16.3 Å². The first kappa shape index (κ1) is 14.9. The third-order valence-corrected chi connectivity index (χ3v) is 3.39. The van der Waals surface area contributed by atoms with Crippen LogP contribution in [-0.2, 0) is 11.2 Å². The number of amides is 1. The molecule has 1 amide bonds. The van der Waals surface area contributed by atoms with Gasteiger partial charge >= 0.3 is 0 Å². The van der Waals surface area contributed by atoms with Crippen LogP contribution in [-0.4, -0.2) is 19.6 Å². The third-order valence-electron chi connectivity index (χ3n) is 3.39. The Morgan fingerprint density at radius 3 is 2.95 bits per heavy atom. The molecule has 0 saturated carbocycles. The normalized spacial score (nSPS) is 10.1. The number of terminal acetylenes is 1. The van der Waals surface area contributed by atoms with Crippen molar-refractivity contribution in [2.24, 2.45) is 0 Å². The van der Waals surface area contributed by atoms with Gasteiger partial charge in [0, 0.05) is 6.54 Å². The minimum absolute atomic E-state index is 0.0860. The van der Waals surface area contributed by atoms with Gasteiger partial charge in [0.1, 0.15) is 5.75 Å². The van der Waals surface area contributed by atoms with Crippen LogP contribution in [0.25, 0.3) is 10.8 Å². The SMILES string of the molecule is C#CCC(=O)NCCCc1cccc2ccc(OC)cc12. The molecule has 0 unspecified atom stereocenters. The molecule has 2 aromatic rings. The molecular formula is C18H19NO2. The van der Waals surface area contributed by atoms with Gasteiger partial charge in [-0.15, -0.1) is 6.42 Å². The molecule has 21 heavy (non-hydrogen) atoms. The van der Waals surface area contributed by atoms with Gasteiger partial charge in [-0.2, -0.15) is 0 Å². The Hall–Kier alpha value is -2.47. The highest BCUT2D eigenvalue weighted by Gasteiger charge is 2.03. The van der Waals surface area contributed by atoms with Crippen LogP contribution in [0.1, 0.15) is 18.4 Å². The van der Waals surface area contributed by atoms with Crippen LogP contribution in [0.3, 0.4) is 0 Å². The number of hydrogen-bond acceptors (Lipinski definition) is 2. The van der Waals surface area contributed by atoms with Crippen LogP contribution in [0, 0.1) is 12.3 Å². The molecular weight excluding hydrogens is 262 g/mol. The van der Waals surface area contributed by atoms with Crippen molar-refractivity contribution in [1.29, 1.82) is 0 Å². The monoisotopic (exact) mass is 281 g/mol. The number of aryl methyl sites for hydroxylation is 1. The van der Waals surface area contributed by atoms with Crippen molar-refractivity contribution in [3.05, 3.63) is 42.0 Å². The quantitative estimate of drug-likeness (QED) is 0.653. The lowest BCUT2D eigenvalue weighted by atomic mass is 10.0. The predicted molar refractivity (Wildman–Crippen MR) is 85.3 cm³/mol. The van der Waals surface area contributed by atoms with Crippen LogP contribution in [0.2, 0.25) is 0 Å². The maximum atomic E-state index is 11.3. The molecule has 0 saturated heterocycles. The number of rotatable bonds is 6. The van der Waals surface area contributed by atoms with E-state index in [0.717, 1.165) is 18.6 Å². The Labute approximate surface area is 125 Å². The zero-order valence-electron chi connectivity index (χ0n) is 12.2. The second kappa shape index (κ2) is 7.35. The number of carbonyl (C=O) groups excluding carboxylic acids is 1. The van der Waals surface area contributed by atoms with E-state index >= 15 is 0 Å². The lowest BCUT2D eigenvalue weighted by molar-refractivity contribution is -0.120. The van der Waals surface area contributed by atoms with Gasteiger partial charge in [-0.25, -0.2) is 0 Å². The predicted octanol–water partition coefficient (Wildman–Crippen LogP) is 2.92. The second-order valence-electron chi connectivity index (χ2n) is 4.84. The highest BCUT2D eigenvalue weighted by molar-refractivity contribution is 5.87. The van der Waals surface area contributed by atoms with Crippen LogP contribution in [0.15, 0.2) is 36.4 Å². The highest BCUT2D eigenvalue weighted by Crippen LogP contribution is 2.24. The summed E-state index contributed by atoms with van der Waals surface area (Å²) in [5, 5.41) is 5.22. The number of hydrogen-bond donors (Lipinski definition) is 1. The van der Waals surface area contributed by atoms with Gasteiger partial charge in [0.2, 0.25) is 5.91 Å². The first-order chi connectivity index (χ1) is 10.2. The molecule has 0 aliphatic heterocycles. The molecule has 0 aliphatic carbocycles. The molecule has 0 spiro atoms. The Bertz CT molecular complexity index is 670. The molecule has 0 fully saturated rings. The van der Waals surface area contributed by atoms with Gasteiger partial charge in [-0.3, -0.25) is 4.79 Å². The lowest BCUT2D eigenvalue weighted by Gasteiger charge is -2.09. The van der Waals surface area contributed by atoms with Gasteiger partial charge in [0.25, 0.3) is 0 Å². The van der Waals surface area contributed by atoms with E-state index in [9.17, 15) is 4.79 Å². The van der Waals surface area contributed by atoms with Crippen molar-refractivity contribution < 1.29 is 9.53 Å². The van der Waals surface area contributed by atoms with E-state index in [1.54, 1.807) is 7.11 Å². The third kappa shape index (κ3) is 4.00. The van der Waals surface area contributed by atoms with Crippen LogP contribution < -0.4 is 10.1 Å². The van der Waals surface area contributed by atoms with Gasteiger partial charge < -0.3 is 10.1 Å². The molecule has 108 valence electrons. The molecule has 0 radical (unpaired) electrons. The van der Waals surface area contributed by atoms with Gasteiger partial charge in [0.05, 0.1) is 13.5 Å². The number of nitrogens with one attached hydrogen (secondary N) is 1. The smallest absolute Gasteiger partial charge is 0.232 e. The van der Waals surface area contributed by atoms with E-state index in [0.29, 0.717) is 6.54 Å². The van der Waals surface area contributed by atoms with Crippen molar-refractivity contribution >= 4 is 16.7 Å². The average Bonchev–Trinajstić information content (AvgIpc) is 2.51. The Kier molecular flexibility index (Phi) is 5.22. The van der Waals surface area contributed by atoms with Gasteiger partial charge in [-0.1, -0.05) is 30.2 Å². The van der Waals surface area contributed by atoms with E-state index in [1.807, 2.05) is 6.07 Å². The van der Waals surface area contributed by atoms with Crippen LogP contribution in [0.5, 0.6) is 5.75 Å². The minimum Gasteiger partial charge on any atom is -0.497 e. The fourth-order valence-electron chi connectivity index (χ4n) is 2.32. The summed E-state index contributed by atoms with van der Waals surface area (Å²) in [7, 11) is 1.67. The van der Waals surface area contributed by atoms with E-state index < -0.39 is 0 Å². The first-order valence-electron chi connectivity index (χ1n) is 7.00. The summed E-state index contributed by atoms with van der Waals surface area (Å²) >= 11 is 0. The molecule has 2 rings (SSSR count). The van der Waals surface area contributed by atoms with Crippen molar-refractivity contribution in [3.8, 4) is 18.1 Å². The summed E-state index contributed by atoms with van der Waals surface area (Å²) in [4.78, 5) is 11.3. The van der Waals surface area contributed by atoms with E-state index in [4.69, 9.17) is 11.2 Å². The number of fused-ring (bicyclic) bond motifs is 1. The zero-order valence-corrected chi connectivity index (χ0v) is 12.2. The Balaban J connectivity index is 2.01. The Morgan fingerprint density at radius 1 is 1.33 bits per heavy atom. The number of benzene rings is 2. The maximum absolute atomic E-state index is 11.3. The van der Waals surface area contributed by atoms with Crippen LogP contribution in [0.4, 0.5) is 0 Å². The summed E-state index contributed by atoms with van der Waals surface area (Å²) in [6, 6.07) is 12.3. The molecule has 0 aliphatic rings. The van der Waals surface area contributed by atoms with Gasteiger partial charge in [0.15, 0.2) is 0 Å². The van der Waals surface area contributed by atoms with E-state index in [2.05, 4.69) is 41.6 Å². The summed E-state index contributed by atoms with van der Waals surface area (Å²) in [6.07, 6.45) is 7.02. The number of ether oxygens (including phenoxy) is 1. The molecule has 0 aromatic heterocycles. The number of methoxy groups -OCH3 is 1. The maximum Gasteiger partial charge on any atom is 0.232 e. The van der Waals surface area contributed by atoms with Crippen molar-refractivity contribution in [2.75, 3.05) is 13.7 Å². The van der Waals surface area contributed by atoms with Gasteiger partial charge in [-0.05, 0) is 41.3 Å². The topological polar surface area (TPSA) is 38.3 Å². The van der Waals surface area contributed by atoms with Crippen molar-refractivity contribution in [3.63, 3.8) is 0 Å². The average molecular weight is 281 g/mol. The number of carbonyl (C=O) groups is 1. The molecule has 0 atom stereocenters. The zero-order chi connectivity index (χ0) is 15.1. The fourth-order valence-corrected chi connectivity index (χ4v) is 2.32. The second-order valence-corrected chi connectivity index (χ2v) is 4.84. The fraction of sp³-hybridized carbons (Fsp3) is 0.278. The largest absolute Gasteiger partial charge is 0.497 e. The van der Waals surface area contributed by atoms with Crippen molar-refractivity contribution in [1.82, 2.24) is 5.32 Å².